The highest BCUT2D eigenvalue weighted by molar-refractivity contribution is 5.31. The molecule has 0 unspecified atom stereocenters. The second-order valence-electron chi connectivity index (χ2n) is 5.09. The van der Waals surface area contributed by atoms with Gasteiger partial charge in [0.25, 0.3) is 0 Å². The molecule has 2 heterocycles. The Morgan fingerprint density at radius 3 is 2.75 bits per heavy atom. The van der Waals surface area contributed by atoms with E-state index in [1.165, 1.54) is 44.3 Å². The molecule has 0 aromatic heterocycles. The van der Waals surface area contributed by atoms with Crippen molar-refractivity contribution in [1.82, 2.24) is 4.90 Å². The maximum Gasteiger partial charge on any atom is 0.115 e. The maximum atomic E-state index is 9.57. The van der Waals surface area contributed by atoms with Gasteiger partial charge in [-0.3, -0.25) is 4.90 Å². The molecule has 2 aliphatic rings. The number of benzene rings is 1. The van der Waals surface area contributed by atoms with Gasteiger partial charge in [0, 0.05) is 6.04 Å². The van der Waals surface area contributed by atoms with E-state index in [1.807, 2.05) is 12.1 Å². The van der Waals surface area contributed by atoms with Crippen molar-refractivity contribution in [3.05, 3.63) is 29.8 Å². The predicted molar refractivity (Wildman–Crippen MR) is 64.7 cm³/mol. The molecule has 1 aromatic rings. The smallest absolute Gasteiger partial charge is 0.115 e. The van der Waals surface area contributed by atoms with E-state index in [4.69, 9.17) is 0 Å². The second-order valence-corrected chi connectivity index (χ2v) is 5.09. The summed E-state index contributed by atoms with van der Waals surface area (Å²) in [4.78, 5) is 2.64. The first-order chi connectivity index (χ1) is 7.84. The standard InChI is InChI=1S/C14H19NO/c16-12-5-1-4-11(10-12)13-6-2-8-15-9-3-7-14(13)15/h1,4-5,10,13-14,16H,2-3,6-9H2/t13-,14+/m1/s1. The summed E-state index contributed by atoms with van der Waals surface area (Å²) in [5.74, 6) is 1.05. The normalized spacial score (nSPS) is 30.2. The van der Waals surface area contributed by atoms with Gasteiger partial charge in [-0.2, -0.15) is 0 Å². The first-order valence-electron chi connectivity index (χ1n) is 6.37. The van der Waals surface area contributed by atoms with E-state index in [0.717, 1.165) is 6.04 Å². The van der Waals surface area contributed by atoms with Gasteiger partial charge >= 0.3 is 0 Å². The first kappa shape index (κ1) is 10.2. The molecule has 2 heteroatoms. The molecular formula is C14H19NO. The number of hydrogen-bond donors (Lipinski definition) is 1. The van der Waals surface area contributed by atoms with E-state index in [-0.39, 0.29) is 0 Å². The predicted octanol–water partition coefficient (Wildman–Crippen LogP) is 2.73. The van der Waals surface area contributed by atoms with Crippen molar-refractivity contribution in [1.29, 1.82) is 0 Å². The van der Waals surface area contributed by atoms with Crippen LogP contribution in [0.5, 0.6) is 5.75 Å². The van der Waals surface area contributed by atoms with Gasteiger partial charge in [0.05, 0.1) is 0 Å². The molecule has 0 aliphatic carbocycles. The molecule has 1 N–H and O–H groups in total. The van der Waals surface area contributed by atoms with Crippen LogP contribution in [0.15, 0.2) is 24.3 Å². The lowest BCUT2D eigenvalue weighted by Crippen LogP contribution is -2.39. The molecule has 2 nitrogen and oxygen atoms in total. The topological polar surface area (TPSA) is 23.5 Å². The third-order valence-corrected chi connectivity index (χ3v) is 4.14. The van der Waals surface area contributed by atoms with Crippen LogP contribution in [0.25, 0.3) is 0 Å². The molecule has 0 spiro atoms. The lowest BCUT2D eigenvalue weighted by Gasteiger charge is -2.37. The SMILES string of the molecule is Oc1cccc([C@H]2CCCN3CCC[C@@H]23)c1. The fraction of sp³-hybridized carbons (Fsp3) is 0.571. The summed E-state index contributed by atoms with van der Waals surface area (Å²) < 4.78 is 0. The largest absolute Gasteiger partial charge is 0.508 e. The Hall–Kier alpha value is -1.02. The summed E-state index contributed by atoms with van der Waals surface area (Å²) in [6, 6.07) is 8.59. The van der Waals surface area contributed by atoms with Crippen molar-refractivity contribution in [3.63, 3.8) is 0 Å². The van der Waals surface area contributed by atoms with E-state index < -0.39 is 0 Å². The van der Waals surface area contributed by atoms with E-state index in [1.54, 1.807) is 6.07 Å². The molecule has 86 valence electrons. The van der Waals surface area contributed by atoms with Crippen LogP contribution in [0, 0.1) is 0 Å². The fourth-order valence-electron chi connectivity index (χ4n) is 3.44. The summed E-state index contributed by atoms with van der Waals surface area (Å²) in [5.41, 5.74) is 1.33. The zero-order valence-electron chi connectivity index (χ0n) is 9.60. The number of phenolic OH excluding ortho intramolecular Hbond substituents is 1. The Bertz CT molecular complexity index is 377. The molecule has 0 saturated carbocycles. The van der Waals surface area contributed by atoms with Crippen molar-refractivity contribution in [2.24, 2.45) is 0 Å². The molecule has 0 radical (unpaired) electrons. The van der Waals surface area contributed by atoms with Crippen molar-refractivity contribution in [3.8, 4) is 5.75 Å². The van der Waals surface area contributed by atoms with Gasteiger partial charge in [0.1, 0.15) is 5.75 Å². The van der Waals surface area contributed by atoms with Crippen LogP contribution in [0.4, 0.5) is 0 Å². The average molecular weight is 217 g/mol. The van der Waals surface area contributed by atoms with Gasteiger partial charge in [0.15, 0.2) is 0 Å². The number of phenols is 1. The average Bonchev–Trinajstić information content (AvgIpc) is 2.76. The minimum Gasteiger partial charge on any atom is -0.508 e. The Kier molecular flexibility index (Phi) is 2.60. The first-order valence-corrected chi connectivity index (χ1v) is 6.37. The van der Waals surface area contributed by atoms with Crippen LogP contribution in [0.2, 0.25) is 0 Å². The molecular weight excluding hydrogens is 198 g/mol. The Morgan fingerprint density at radius 1 is 1.12 bits per heavy atom. The highest BCUT2D eigenvalue weighted by atomic mass is 16.3. The van der Waals surface area contributed by atoms with Gasteiger partial charge in [-0.15, -0.1) is 0 Å². The van der Waals surface area contributed by atoms with Crippen LogP contribution in [-0.2, 0) is 0 Å². The molecule has 3 rings (SSSR count). The van der Waals surface area contributed by atoms with E-state index in [9.17, 15) is 5.11 Å². The minimum absolute atomic E-state index is 0.410. The van der Waals surface area contributed by atoms with Crippen LogP contribution in [0.1, 0.15) is 37.2 Å². The van der Waals surface area contributed by atoms with Crippen molar-refractivity contribution >= 4 is 0 Å². The number of aromatic hydroxyl groups is 1. The summed E-state index contributed by atoms with van der Waals surface area (Å²) in [5, 5.41) is 9.57. The van der Waals surface area contributed by atoms with Gasteiger partial charge in [-0.1, -0.05) is 12.1 Å². The fourth-order valence-corrected chi connectivity index (χ4v) is 3.44. The van der Waals surface area contributed by atoms with Gasteiger partial charge in [0.2, 0.25) is 0 Å². The third kappa shape index (κ3) is 1.71. The van der Waals surface area contributed by atoms with Gasteiger partial charge < -0.3 is 5.11 Å². The van der Waals surface area contributed by atoms with Crippen molar-refractivity contribution in [2.75, 3.05) is 13.1 Å². The number of piperidine rings is 1. The maximum absolute atomic E-state index is 9.57. The van der Waals surface area contributed by atoms with Crippen LogP contribution >= 0.6 is 0 Å². The van der Waals surface area contributed by atoms with E-state index >= 15 is 0 Å². The van der Waals surface area contributed by atoms with Crippen molar-refractivity contribution < 1.29 is 5.11 Å². The number of rotatable bonds is 1. The summed E-state index contributed by atoms with van der Waals surface area (Å²) in [6.07, 6.45) is 5.27. The molecule has 0 amide bonds. The number of hydrogen-bond acceptors (Lipinski definition) is 2. The third-order valence-electron chi connectivity index (χ3n) is 4.14. The molecule has 1 aromatic carbocycles. The summed E-state index contributed by atoms with van der Waals surface area (Å²) >= 11 is 0. The molecule has 2 aliphatic heterocycles. The van der Waals surface area contributed by atoms with Crippen LogP contribution in [0.3, 0.4) is 0 Å². The van der Waals surface area contributed by atoms with Crippen LogP contribution in [-0.4, -0.2) is 29.1 Å². The van der Waals surface area contributed by atoms with Gasteiger partial charge in [-0.05, 0) is 62.4 Å². The monoisotopic (exact) mass is 217 g/mol. The Labute approximate surface area is 96.9 Å². The minimum atomic E-state index is 0.410. The quantitative estimate of drug-likeness (QED) is 0.782. The molecule has 2 fully saturated rings. The van der Waals surface area contributed by atoms with E-state index in [2.05, 4.69) is 11.0 Å². The lowest BCUT2D eigenvalue weighted by molar-refractivity contribution is 0.172. The molecule has 16 heavy (non-hydrogen) atoms. The van der Waals surface area contributed by atoms with Crippen LogP contribution < -0.4 is 0 Å². The second kappa shape index (κ2) is 4.10. The molecule has 2 atom stereocenters. The highest BCUT2D eigenvalue weighted by Gasteiger charge is 2.35. The van der Waals surface area contributed by atoms with Crippen molar-refractivity contribution in [2.45, 2.75) is 37.6 Å². The Morgan fingerprint density at radius 2 is 1.94 bits per heavy atom. The summed E-state index contributed by atoms with van der Waals surface area (Å²) in [7, 11) is 0. The lowest BCUT2D eigenvalue weighted by atomic mass is 9.83. The Balaban J connectivity index is 1.88. The summed E-state index contributed by atoms with van der Waals surface area (Å²) in [6.45, 7) is 2.56. The van der Waals surface area contributed by atoms with Gasteiger partial charge in [-0.25, -0.2) is 0 Å². The highest BCUT2D eigenvalue weighted by Crippen LogP contribution is 2.38. The van der Waals surface area contributed by atoms with E-state index in [0.29, 0.717) is 11.7 Å². The zero-order chi connectivity index (χ0) is 11.0. The molecule has 0 bridgehead atoms. The number of nitrogens with zero attached hydrogens (tertiary/aromatic N) is 1. The number of fused-ring (bicyclic) bond motifs is 1. The zero-order valence-corrected chi connectivity index (χ0v) is 9.60. The molecule has 2 saturated heterocycles.